The number of benzene rings is 2. The van der Waals surface area contributed by atoms with E-state index in [9.17, 15) is 13.2 Å². The molecule has 0 atom stereocenters. The topological polar surface area (TPSA) is 102 Å². The molecule has 1 heterocycles. The summed E-state index contributed by atoms with van der Waals surface area (Å²) in [6.45, 7) is 0. The quantitative estimate of drug-likeness (QED) is 0.552. The summed E-state index contributed by atoms with van der Waals surface area (Å²) in [6, 6.07) is 14.6. The maximum atomic E-state index is 13.2. The van der Waals surface area contributed by atoms with E-state index in [2.05, 4.69) is 15.1 Å². The molecule has 168 valence electrons. The molecule has 1 aliphatic carbocycles. The van der Waals surface area contributed by atoms with Gasteiger partial charge in [-0.2, -0.15) is 5.10 Å². The number of aromatic nitrogens is 2. The minimum atomic E-state index is -3.51. The molecule has 1 aliphatic rings. The van der Waals surface area contributed by atoms with Crippen LogP contribution in [-0.2, 0) is 22.9 Å². The van der Waals surface area contributed by atoms with Crippen LogP contribution in [0.2, 0.25) is 0 Å². The van der Waals surface area contributed by atoms with Crippen molar-refractivity contribution in [2.75, 3.05) is 23.4 Å². The molecule has 0 saturated heterocycles. The number of fused-ring (bicyclic) bond motifs is 1. The van der Waals surface area contributed by atoms with Gasteiger partial charge in [0, 0.05) is 16.9 Å². The van der Waals surface area contributed by atoms with Gasteiger partial charge in [-0.05, 0) is 56.0 Å². The van der Waals surface area contributed by atoms with Crippen LogP contribution in [0.3, 0.4) is 0 Å². The van der Waals surface area contributed by atoms with E-state index in [-0.39, 0.29) is 11.6 Å². The van der Waals surface area contributed by atoms with Crippen LogP contribution in [0, 0.1) is 0 Å². The van der Waals surface area contributed by atoms with Crippen molar-refractivity contribution in [1.29, 1.82) is 0 Å². The summed E-state index contributed by atoms with van der Waals surface area (Å²) in [5, 5.41) is 7.55. The van der Waals surface area contributed by atoms with Gasteiger partial charge in [0.05, 0.1) is 24.7 Å². The Balaban J connectivity index is 1.68. The molecule has 1 amide bonds. The third-order valence-corrected chi connectivity index (χ3v) is 5.99. The van der Waals surface area contributed by atoms with E-state index >= 15 is 0 Å². The Hall–Kier alpha value is -3.33. The number of hydrogen-bond acceptors (Lipinski definition) is 5. The lowest BCUT2D eigenvalue weighted by Crippen LogP contribution is -2.16. The number of methoxy groups -OCH3 is 1. The summed E-state index contributed by atoms with van der Waals surface area (Å²) >= 11 is 0. The lowest BCUT2D eigenvalue weighted by atomic mass is 10.1. The molecule has 0 saturated carbocycles. The Labute approximate surface area is 187 Å². The van der Waals surface area contributed by atoms with E-state index in [1.54, 1.807) is 12.1 Å². The summed E-state index contributed by atoms with van der Waals surface area (Å²) < 4.78 is 32.9. The number of nitrogens with zero attached hydrogens (tertiary/aromatic N) is 2. The molecule has 0 fully saturated rings. The standard InChI is InChI=1S/C23H26N4O4S/c1-31-21-14-13-16(15-19(21)26-32(2,29)30)24-23(28)22-18-11-7-4-8-12-20(18)27(25-22)17-9-5-3-6-10-17/h3,5-6,9-10,13-15,26H,4,7-8,11-12H2,1-2H3,(H,24,28). The molecule has 32 heavy (non-hydrogen) atoms. The number of para-hydroxylation sites is 1. The number of carbonyl (C=O) groups is 1. The number of rotatable bonds is 6. The van der Waals surface area contributed by atoms with Crippen LogP contribution >= 0.6 is 0 Å². The first kappa shape index (κ1) is 21.9. The second kappa shape index (κ2) is 9.04. The van der Waals surface area contributed by atoms with Crippen LogP contribution in [0.1, 0.15) is 41.0 Å². The van der Waals surface area contributed by atoms with Crippen LogP contribution < -0.4 is 14.8 Å². The summed E-state index contributed by atoms with van der Waals surface area (Å²) in [4.78, 5) is 13.2. The van der Waals surface area contributed by atoms with Crippen molar-refractivity contribution in [2.24, 2.45) is 0 Å². The first-order valence-corrected chi connectivity index (χ1v) is 12.4. The normalized spacial score (nSPS) is 13.7. The molecule has 8 nitrogen and oxygen atoms in total. The highest BCUT2D eigenvalue weighted by Gasteiger charge is 2.25. The second-order valence-corrected chi connectivity index (χ2v) is 9.57. The molecule has 4 rings (SSSR count). The molecular formula is C23H26N4O4S. The molecule has 0 radical (unpaired) electrons. The van der Waals surface area contributed by atoms with E-state index in [1.807, 2.05) is 35.0 Å². The number of carbonyl (C=O) groups excluding carboxylic acids is 1. The van der Waals surface area contributed by atoms with E-state index in [1.165, 1.54) is 13.2 Å². The van der Waals surface area contributed by atoms with Gasteiger partial charge in [-0.25, -0.2) is 13.1 Å². The van der Waals surface area contributed by atoms with Gasteiger partial charge in [0.2, 0.25) is 10.0 Å². The Kier molecular flexibility index (Phi) is 6.18. The Morgan fingerprint density at radius 3 is 2.53 bits per heavy atom. The van der Waals surface area contributed by atoms with Crippen molar-refractivity contribution in [3.63, 3.8) is 0 Å². The Morgan fingerprint density at radius 1 is 1.06 bits per heavy atom. The fraction of sp³-hybridized carbons (Fsp3) is 0.304. The monoisotopic (exact) mass is 454 g/mol. The summed E-state index contributed by atoms with van der Waals surface area (Å²) in [5.74, 6) is 0.0314. The fourth-order valence-corrected chi connectivity index (χ4v) is 4.56. The van der Waals surface area contributed by atoms with E-state index in [4.69, 9.17) is 4.74 Å². The van der Waals surface area contributed by atoms with Gasteiger partial charge in [-0.15, -0.1) is 0 Å². The van der Waals surface area contributed by atoms with Crippen molar-refractivity contribution in [3.8, 4) is 11.4 Å². The zero-order valence-electron chi connectivity index (χ0n) is 18.1. The van der Waals surface area contributed by atoms with Gasteiger partial charge in [0.25, 0.3) is 5.91 Å². The van der Waals surface area contributed by atoms with E-state index < -0.39 is 10.0 Å². The van der Waals surface area contributed by atoms with Gasteiger partial charge in [0.1, 0.15) is 5.75 Å². The molecule has 0 spiro atoms. The maximum Gasteiger partial charge on any atom is 0.276 e. The lowest BCUT2D eigenvalue weighted by molar-refractivity contribution is 0.102. The number of anilines is 2. The fourth-order valence-electron chi connectivity index (χ4n) is 4.00. The SMILES string of the molecule is COc1ccc(NC(=O)c2nn(-c3ccccc3)c3c2CCCCC3)cc1NS(C)(=O)=O. The van der Waals surface area contributed by atoms with Crippen molar-refractivity contribution in [1.82, 2.24) is 9.78 Å². The third-order valence-electron chi connectivity index (χ3n) is 5.40. The first-order chi connectivity index (χ1) is 15.4. The van der Waals surface area contributed by atoms with Gasteiger partial charge in [-0.1, -0.05) is 24.6 Å². The molecular weight excluding hydrogens is 428 g/mol. The molecule has 0 bridgehead atoms. The number of hydrogen-bond donors (Lipinski definition) is 2. The average molecular weight is 455 g/mol. The summed E-state index contributed by atoms with van der Waals surface area (Å²) in [7, 11) is -2.06. The number of sulfonamides is 1. The van der Waals surface area contributed by atoms with E-state index in [0.29, 0.717) is 17.1 Å². The van der Waals surface area contributed by atoms with Gasteiger partial charge < -0.3 is 10.1 Å². The first-order valence-electron chi connectivity index (χ1n) is 10.5. The van der Waals surface area contributed by atoms with Crippen molar-refractivity contribution in [2.45, 2.75) is 32.1 Å². The predicted octanol–water partition coefficient (Wildman–Crippen LogP) is 3.77. The van der Waals surface area contributed by atoms with Crippen molar-refractivity contribution >= 4 is 27.3 Å². The molecule has 0 unspecified atom stereocenters. The highest BCUT2D eigenvalue weighted by atomic mass is 32.2. The van der Waals surface area contributed by atoms with Crippen LogP contribution in [0.25, 0.3) is 5.69 Å². The molecule has 9 heteroatoms. The maximum absolute atomic E-state index is 13.2. The summed E-state index contributed by atoms with van der Waals surface area (Å²) in [5.41, 5.74) is 4.08. The molecule has 0 aliphatic heterocycles. The Bertz CT molecular complexity index is 1240. The second-order valence-electron chi connectivity index (χ2n) is 7.83. The van der Waals surface area contributed by atoms with Gasteiger partial charge in [-0.3, -0.25) is 9.52 Å². The largest absolute Gasteiger partial charge is 0.495 e. The Morgan fingerprint density at radius 2 is 1.81 bits per heavy atom. The van der Waals surface area contributed by atoms with Gasteiger partial charge in [0.15, 0.2) is 5.69 Å². The smallest absolute Gasteiger partial charge is 0.276 e. The third kappa shape index (κ3) is 4.77. The van der Waals surface area contributed by atoms with Crippen molar-refractivity contribution in [3.05, 3.63) is 65.5 Å². The highest BCUT2D eigenvalue weighted by molar-refractivity contribution is 7.92. The zero-order chi connectivity index (χ0) is 22.7. The van der Waals surface area contributed by atoms with Crippen LogP contribution in [0.5, 0.6) is 5.75 Å². The molecule has 1 aromatic heterocycles. The van der Waals surface area contributed by atoms with Crippen LogP contribution in [0.4, 0.5) is 11.4 Å². The van der Waals surface area contributed by atoms with E-state index in [0.717, 1.165) is 55.3 Å². The average Bonchev–Trinajstić information content (AvgIpc) is 2.94. The zero-order valence-corrected chi connectivity index (χ0v) is 18.9. The number of ether oxygens (including phenoxy) is 1. The molecule has 2 aromatic carbocycles. The summed E-state index contributed by atoms with van der Waals surface area (Å²) in [6.07, 6.45) is 5.92. The molecule has 3 aromatic rings. The highest BCUT2D eigenvalue weighted by Crippen LogP contribution is 2.30. The van der Waals surface area contributed by atoms with Gasteiger partial charge >= 0.3 is 0 Å². The number of amides is 1. The minimum Gasteiger partial charge on any atom is -0.495 e. The van der Waals surface area contributed by atoms with Crippen molar-refractivity contribution < 1.29 is 17.9 Å². The van der Waals surface area contributed by atoms with Crippen LogP contribution in [0.15, 0.2) is 48.5 Å². The molecule has 2 N–H and O–H groups in total. The predicted molar refractivity (Wildman–Crippen MR) is 124 cm³/mol. The lowest BCUT2D eigenvalue weighted by Gasteiger charge is -2.12. The number of nitrogens with one attached hydrogen (secondary N) is 2. The van der Waals surface area contributed by atoms with Crippen LogP contribution in [-0.4, -0.2) is 37.5 Å². The minimum absolute atomic E-state index is 0.251.